The van der Waals surface area contributed by atoms with Crippen molar-refractivity contribution in [1.82, 2.24) is 0 Å². The molecule has 0 radical (unpaired) electrons. The number of benzene rings is 2. The van der Waals surface area contributed by atoms with E-state index in [2.05, 4.69) is 10.3 Å². The van der Waals surface area contributed by atoms with Crippen molar-refractivity contribution in [1.29, 1.82) is 0 Å². The highest BCUT2D eigenvalue weighted by atomic mass is 127. The summed E-state index contributed by atoms with van der Waals surface area (Å²) in [7, 11) is 0. The molecule has 0 atom stereocenters. The van der Waals surface area contributed by atoms with E-state index < -0.39 is 0 Å². The quantitative estimate of drug-likeness (QED) is 0.267. The van der Waals surface area contributed by atoms with Crippen LogP contribution in [0.1, 0.15) is 13.8 Å². The number of hydrogen-bond acceptors (Lipinski definition) is 3. The van der Waals surface area contributed by atoms with Crippen LogP contribution in [0, 0.1) is 0 Å². The van der Waals surface area contributed by atoms with Gasteiger partial charge in [0.15, 0.2) is 5.96 Å². The molecule has 5 nitrogen and oxygen atoms in total. The van der Waals surface area contributed by atoms with Crippen molar-refractivity contribution in [3.8, 4) is 11.5 Å². The molecule has 0 bridgehead atoms. The zero-order valence-corrected chi connectivity index (χ0v) is 17.3. The maximum atomic E-state index is 5.89. The van der Waals surface area contributed by atoms with Gasteiger partial charge in [-0.2, -0.15) is 0 Å². The van der Waals surface area contributed by atoms with Crippen molar-refractivity contribution < 1.29 is 9.47 Å². The lowest BCUT2D eigenvalue weighted by Gasteiger charge is -2.11. The van der Waals surface area contributed by atoms with Crippen LogP contribution in [0.25, 0.3) is 0 Å². The lowest BCUT2D eigenvalue weighted by Crippen LogP contribution is -2.23. The second-order valence-electron chi connectivity index (χ2n) is 5.39. The van der Waals surface area contributed by atoms with Crippen LogP contribution in [0.3, 0.4) is 0 Å². The van der Waals surface area contributed by atoms with E-state index in [-0.39, 0.29) is 30.1 Å². The summed E-state index contributed by atoms with van der Waals surface area (Å²) >= 11 is 5.89. The number of ether oxygens (including phenoxy) is 2. The first-order valence-electron chi connectivity index (χ1n) is 7.75. The van der Waals surface area contributed by atoms with Crippen LogP contribution in [-0.2, 0) is 0 Å². The number of aliphatic imine (C=N–C) groups is 1. The van der Waals surface area contributed by atoms with Crippen LogP contribution in [0.5, 0.6) is 11.5 Å². The zero-order valence-electron chi connectivity index (χ0n) is 14.2. The number of anilines is 1. The number of guanidine groups is 1. The van der Waals surface area contributed by atoms with Crippen molar-refractivity contribution >= 4 is 47.2 Å². The van der Waals surface area contributed by atoms with Crippen LogP contribution in [0.15, 0.2) is 53.5 Å². The van der Waals surface area contributed by atoms with Gasteiger partial charge in [-0.3, -0.25) is 0 Å². The van der Waals surface area contributed by atoms with Gasteiger partial charge in [-0.15, -0.1) is 24.0 Å². The van der Waals surface area contributed by atoms with E-state index in [0.29, 0.717) is 29.9 Å². The molecule has 0 aliphatic heterocycles. The van der Waals surface area contributed by atoms with Crippen LogP contribution in [0.2, 0.25) is 5.02 Å². The van der Waals surface area contributed by atoms with Gasteiger partial charge in [0.1, 0.15) is 18.1 Å². The zero-order chi connectivity index (χ0) is 17.4. The van der Waals surface area contributed by atoms with Gasteiger partial charge in [-0.05, 0) is 56.3 Å². The number of nitrogens with zero attached hydrogens (tertiary/aromatic N) is 1. The summed E-state index contributed by atoms with van der Waals surface area (Å²) in [5, 5.41) is 3.67. The van der Waals surface area contributed by atoms with E-state index in [9.17, 15) is 0 Å². The van der Waals surface area contributed by atoms with Crippen molar-refractivity contribution in [2.45, 2.75) is 20.0 Å². The molecule has 0 amide bonds. The summed E-state index contributed by atoms with van der Waals surface area (Å²) in [6.07, 6.45) is 0.148. The van der Waals surface area contributed by atoms with Gasteiger partial charge in [0.25, 0.3) is 0 Å². The molecule has 0 aliphatic carbocycles. The molecule has 0 heterocycles. The molecule has 0 saturated heterocycles. The maximum Gasteiger partial charge on any atom is 0.193 e. The first-order chi connectivity index (χ1) is 11.5. The van der Waals surface area contributed by atoms with Crippen molar-refractivity contribution in [3.63, 3.8) is 0 Å². The number of hydrogen-bond donors (Lipinski definition) is 2. The Balaban J connectivity index is 0.00000312. The topological polar surface area (TPSA) is 68.9 Å². The third-order valence-electron chi connectivity index (χ3n) is 2.94. The van der Waals surface area contributed by atoms with Gasteiger partial charge < -0.3 is 20.5 Å². The molecule has 0 aromatic heterocycles. The molecule has 2 aromatic rings. The second-order valence-corrected chi connectivity index (χ2v) is 5.83. The Hall–Kier alpha value is -1.67. The summed E-state index contributed by atoms with van der Waals surface area (Å²) in [5.74, 6) is 1.87. The number of halogens is 2. The largest absolute Gasteiger partial charge is 0.492 e. The van der Waals surface area contributed by atoms with Crippen LogP contribution in [0.4, 0.5) is 5.69 Å². The summed E-state index contributed by atoms with van der Waals surface area (Å²) < 4.78 is 11.1. The highest BCUT2D eigenvalue weighted by Crippen LogP contribution is 2.17. The second kappa shape index (κ2) is 11.0. The Labute approximate surface area is 170 Å². The smallest absolute Gasteiger partial charge is 0.193 e. The number of nitrogens with one attached hydrogen (secondary N) is 1. The molecule has 0 spiro atoms. The Morgan fingerprint density at radius 1 is 1.16 bits per heavy atom. The molecule has 2 rings (SSSR count). The summed E-state index contributed by atoms with van der Waals surface area (Å²) in [4.78, 5) is 4.22. The fourth-order valence-electron chi connectivity index (χ4n) is 1.96. The van der Waals surface area contributed by atoms with E-state index in [1.807, 2.05) is 50.2 Å². The molecule has 0 aliphatic rings. The van der Waals surface area contributed by atoms with E-state index in [4.69, 9.17) is 26.8 Å². The minimum Gasteiger partial charge on any atom is -0.492 e. The van der Waals surface area contributed by atoms with Gasteiger partial charge in [-0.25, -0.2) is 4.99 Å². The monoisotopic (exact) mass is 475 g/mol. The molecular formula is C18H23ClIN3O2. The average molecular weight is 476 g/mol. The maximum absolute atomic E-state index is 5.89. The average Bonchev–Trinajstić information content (AvgIpc) is 2.53. The van der Waals surface area contributed by atoms with Gasteiger partial charge in [-0.1, -0.05) is 17.7 Å². The Kier molecular flexibility index (Phi) is 9.44. The predicted molar refractivity (Wildman–Crippen MR) is 115 cm³/mol. The molecule has 0 unspecified atom stereocenters. The molecular weight excluding hydrogens is 453 g/mol. The van der Waals surface area contributed by atoms with Crippen molar-refractivity contribution in [3.05, 3.63) is 53.6 Å². The van der Waals surface area contributed by atoms with E-state index in [1.165, 1.54) is 0 Å². The van der Waals surface area contributed by atoms with Gasteiger partial charge in [0.05, 0.1) is 12.6 Å². The van der Waals surface area contributed by atoms with Crippen LogP contribution in [-0.4, -0.2) is 25.2 Å². The third kappa shape index (κ3) is 8.31. The number of rotatable bonds is 7. The summed E-state index contributed by atoms with van der Waals surface area (Å²) in [6, 6.07) is 14.8. The highest BCUT2D eigenvalue weighted by Gasteiger charge is 1.99. The minimum absolute atomic E-state index is 0. The van der Waals surface area contributed by atoms with E-state index >= 15 is 0 Å². The third-order valence-corrected chi connectivity index (χ3v) is 3.17. The molecule has 2 aromatic carbocycles. The van der Waals surface area contributed by atoms with Crippen LogP contribution < -0.4 is 20.5 Å². The lowest BCUT2D eigenvalue weighted by atomic mass is 10.3. The Morgan fingerprint density at radius 3 is 2.52 bits per heavy atom. The minimum atomic E-state index is 0. The Bertz CT molecular complexity index is 678. The fourth-order valence-corrected chi connectivity index (χ4v) is 2.14. The molecule has 136 valence electrons. The molecule has 0 fully saturated rings. The molecule has 7 heteroatoms. The fraction of sp³-hybridized carbons (Fsp3) is 0.278. The standard InChI is InChI=1S/C18H22ClN3O2.HI/c1-13(2)24-16-8-6-15(7-9-16)22-18(20)21-10-11-23-17-5-3-4-14(19)12-17;/h3-9,12-13H,10-11H2,1-2H3,(H3,20,21,22);1H. The first-order valence-corrected chi connectivity index (χ1v) is 8.13. The van der Waals surface area contributed by atoms with E-state index in [1.54, 1.807) is 12.1 Å². The number of nitrogens with two attached hydrogens (primary N) is 1. The normalized spacial score (nSPS) is 11.0. The molecule has 3 N–H and O–H groups in total. The Morgan fingerprint density at radius 2 is 1.88 bits per heavy atom. The predicted octanol–water partition coefficient (Wildman–Crippen LogP) is 4.55. The van der Waals surface area contributed by atoms with Crippen LogP contribution >= 0.6 is 35.6 Å². The lowest BCUT2D eigenvalue weighted by molar-refractivity contribution is 0.242. The highest BCUT2D eigenvalue weighted by molar-refractivity contribution is 14.0. The van der Waals surface area contributed by atoms with Gasteiger partial charge in [0.2, 0.25) is 0 Å². The first kappa shape index (κ1) is 21.4. The van der Waals surface area contributed by atoms with Crippen molar-refractivity contribution in [2.75, 3.05) is 18.5 Å². The van der Waals surface area contributed by atoms with Gasteiger partial charge in [0, 0.05) is 10.7 Å². The van der Waals surface area contributed by atoms with Gasteiger partial charge >= 0.3 is 0 Å². The summed E-state index contributed by atoms with van der Waals surface area (Å²) in [6.45, 7) is 4.84. The van der Waals surface area contributed by atoms with Crippen molar-refractivity contribution in [2.24, 2.45) is 10.7 Å². The molecule has 0 saturated carbocycles. The van der Waals surface area contributed by atoms with E-state index in [0.717, 1.165) is 11.4 Å². The molecule has 25 heavy (non-hydrogen) atoms. The SMILES string of the molecule is CC(C)Oc1ccc(NC(N)=NCCOc2cccc(Cl)c2)cc1.I. The summed E-state index contributed by atoms with van der Waals surface area (Å²) in [5.41, 5.74) is 6.71.